The van der Waals surface area contributed by atoms with E-state index in [1.807, 2.05) is 23.1 Å². The van der Waals surface area contributed by atoms with E-state index in [-0.39, 0.29) is 12.0 Å². The van der Waals surface area contributed by atoms with Gasteiger partial charge in [0, 0.05) is 31.5 Å². The molecular formula is C28H28N2O2S. The first-order valence-corrected chi connectivity index (χ1v) is 12.3. The summed E-state index contributed by atoms with van der Waals surface area (Å²) in [5.41, 5.74) is 6.69. The van der Waals surface area contributed by atoms with Crippen molar-refractivity contribution in [1.82, 2.24) is 9.88 Å². The van der Waals surface area contributed by atoms with E-state index in [2.05, 4.69) is 62.4 Å². The molecule has 1 fully saturated rings. The number of ether oxygens (including phenoxy) is 1. The monoisotopic (exact) mass is 456 g/mol. The van der Waals surface area contributed by atoms with Gasteiger partial charge in [0.25, 0.3) is 11.1 Å². The second-order valence-corrected chi connectivity index (χ2v) is 9.79. The number of benzene rings is 3. The third-order valence-corrected chi connectivity index (χ3v) is 7.45. The van der Waals surface area contributed by atoms with Crippen LogP contribution in [-0.4, -0.2) is 35.0 Å². The highest BCUT2D eigenvalue weighted by molar-refractivity contribution is 7.20. The standard InChI is InChI=1S/C28H28N2O2S/c1-19-8-9-20(2)26-25(19)29-28(33-26)32-24-14-16-30(17-15-24)27(31)23-12-10-22(11-13-23)18-21-6-4-3-5-7-21/h3-13,24H,14-18H2,1-2H3. The van der Waals surface area contributed by atoms with Crippen molar-refractivity contribution in [2.45, 2.75) is 39.2 Å². The quantitative estimate of drug-likeness (QED) is 0.360. The summed E-state index contributed by atoms with van der Waals surface area (Å²) in [6.45, 7) is 5.61. The zero-order valence-corrected chi connectivity index (χ0v) is 19.9. The van der Waals surface area contributed by atoms with E-state index in [9.17, 15) is 4.79 Å². The van der Waals surface area contributed by atoms with Crippen LogP contribution in [0.2, 0.25) is 0 Å². The first-order chi connectivity index (χ1) is 16.1. The van der Waals surface area contributed by atoms with Crippen molar-refractivity contribution in [2.24, 2.45) is 0 Å². The lowest BCUT2D eigenvalue weighted by Crippen LogP contribution is -2.41. The van der Waals surface area contributed by atoms with Crippen LogP contribution in [0.3, 0.4) is 0 Å². The number of aromatic nitrogens is 1. The van der Waals surface area contributed by atoms with Crippen molar-refractivity contribution in [3.05, 3.63) is 94.5 Å². The normalized spacial score (nSPS) is 14.5. The average Bonchev–Trinajstić information content (AvgIpc) is 3.28. The summed E-state index contributed by atoms with van der Waals surface area (Å²) < 4.78 is 7.43. The number of fused-ring (bicyclic) bond motifs is 1. The number of thiazole rings is 1. The average molecular weight is 457 g/mol. The number of carbonyl (C=O) groups is 1. The Bertz CT molecular complexity index is 1220. The van der Waals surface area contributed by atoms with E-state index >= 15 is 0 Å². The lowest BCUT2D eigenvalue weighted by molar-refractivity contribution is 0.0595. The molecule has 168 valence electrons. The van der Waals surface area contributed by atoms with Crippen molar-refractivity contribution < 1.29 is 9.53 Å². The molecule has 1 aliphatic heterocycles. The third kappa shape index (κ3) is 4.79. The van der Waals surface area contributed by atoms with Gasteiger partial charge >= 0.3 is 0 Å². The van der Waals surface area contributed by atoms with Gasteiger partial charge in [-0.3, -0.25) is 4.79 Å². The van der Waals surface area contributed by atoms with Gasteiger partial charge in [0.1, 0.15) is 6.10 Å². The van der Waals surface area contributed by atoms with Crippen LogP contribution >= 0.6 is 11.3 Å². The molecule has 3 aromatic carbocycles. The minimum absolute atomic E-state index is 0.100. The van der Waals surface area contributed by atoms with Crippen LogP contribution in [0.4, 0.5) is 0 Å². The molecule has 0 radical (unpaired) electrons. The van der Waals surface area contributed by atoms with E-state index in [4.69, 9.17) is 9.72 Å². The number of rotatable bonds is 5. The summed E-state index contributed by atoms with van der Waals surface area (Å²) in [6.07, 6.45) is 2.63. The second-order valence-electron chi connectivity index (χ2n) is 8.83. The highest BCUT2D eigenvalue weighted by Crippen LogP contribution is 2.33. The summed E-state index contributed by atoms with van der Waals surface area (Å²) in [5, 5.41) is 0.737. The number of hydrogen-bond acceptors (Lipinski definition) is 4. The highest BCUT2D eigenvalue weighted by Gasteiger charge is 2.25. The van der Waals surface area contributed by atoms with E-state index in [0.717, 1.165) is 35.5 Å². The number of aryl methyl sites for hydroxylation is 2. The number of carbonyl (C=O) groups excluding carboxylic acids is 1. The number of amides is 1. The zero-order chi connectivity index (χ0) is 22.8. The molecule has 0 atom stereocenters. The minimum Gasteiger partial charge on any atom is -0.467 e. The van der Waals surface area contributed by atoms with Crippen LogP contribution in [0, 0.1) is 13.8 Å². The Morgan fingerprint density at radius 1 is 0.939 bits per heavy atom. The van der Waals surface area contributed by atoms with E-state index < -0.39 is 0 Å². The van der Waals surface area contributed by atoms with E-state index in [1.165, 1.54) is 27.0 Å². The van der Waals surface area contributed by atoms with Gasteiger partial charge in [0.05, 0.1) is 10.2 Å². The summed E-state index contributed by atoms with van der Waals surface area (Å²) in [6, 6.07) is 22.7. The van der Waals surface area contributed by atoms with Gasteiger partial charge in [-0.05, 0) is 54.7 Å². The van der Waals surface area contributed by atoms with Gasteiger partial charge < -0.3 is 9.64 Å². The van der Waals surface area contributed by atoms with Gasteiger partial charge in [0.2, 0.25) is 0 Å². The van der Waals surface area contributed by atoms with Gasteiger partial charge in [-0.15, -0.1) is 0 Å². The number of piperidine rings is 1. The summed E-state index contributed by atoms with van der Waals surface area (Å²) in [7, 11) is 0. The number of likely N-dealkylation sites (tertiary alicyclic amines) is 1. The lowest BCUT2D eigenvalue weighted by atomic mass is 10.0. The highest BCUT2D eigenvalue weighted by atomic mass is 32.1. The Hall–Kier alpha value is -3.18. The van der Waals surface area contributed by atoms with Gasteiger partial charge in [-0.2, -0.15) is 0 Å². The summed E-state index contributed by atoms with van der Waals surface area (Å²) >= 11 is 1.62. The Labute approximate surface area is 198 Å². The minimum atomic E-state index is 0.100. The molecule has 1 saturated heterocycles. The maximum atomic E-state index is 13.0. The largest absolute Gasteiger partial charge is 0.467 e. The smallest absolute Gasteiger partial charge is 0.274 e. The number of hydrogen-bond donors (Lipinski definition) is 0. The maximum absolute atomic E-state index is 13.0. The predicted molar refractivity (Wildman–Crippen MR) is 134 cm³/mol. The summed E-state index contributed by atoms with van der Waals surface area (Å²) in [5.74, 6) is 0.103. The van der Waals surface area contributed by atoms with Crippen LogP contribution in [0.25, 0.3) is 10.2 Å². The molecule has 2 heterocycles. The first-order valence-electron chi connectivity index (χ1n) is 11.5. The van der Waals surface area contributed by atoms with Crippen molar-refractivity contribution >= 4 is 27.5 Å². The summed E-state index contributed by atoms with van der Waals surface area (Å²) in [4.78, 5) is 19.7. The zero-order valence-electron chi connectivity index (χ0n) is 19.1. The van der Waals surface area contributed by atoms with Crippen LogP contribution in [0.5, 0.6) is 5.19 Å². The molecule has 1 aliphatic rings. The molecule has 0 unspecified atom stereocenters. The van der Waals surface area contributed by atoms with Crippen LogP contribution in [-0.2, 0) is 6.42 Å². The molecule has 0 bridgehead atoms. The van der Waals surface area contributed by atoms with Gasteiger partial charge in [-0.25, -0.2) is 4.98 Å². The molecule has 5 heteroatoms. The maximum Gasteiger partial charge on any atom is 0.274 e. The predicted octanol–water partition coefficient (Wildman–Crippen LogP) is 6.19. The van der Waals surface area contributed by atoms with E-state index in [1.54, 1.807) is 11.3 Å². The van der Waals surface area contributed by atoms with Crippen molar-refractivity contribution in [3.63, 3.8) is 0 Å². The molecule has 0 spiro atoms. The lowest BCUT2D eigenvalue weighted by Gasteiger charge is -2.31. The Balaban J connectivity index is 1.17. The molecule has 0 aliphatic carbocycles. The van der Waals surface area contributed by atoms with Crippen LogP contribution in [0.1, 0.15) is 45.5 Å². The molecule has 5 rings (SSSR count). The molecule has 1 aromatic heterocycles. The van der Waals surface area contributed by atoms with Crippen molar-refractivity contribution in [1.29, 1.82) is 0 Å². The molecule has 4 aromatic rings. The molecule has 0 saturated carbocycles. The fourth-order valence-corrected chi connectivity index (χ4v) is 5.42. The van der Waals surface area contributed by atoms with Crippen molar-refractivity contribution in [2.75, 3.05) is 13.1 Å². The third-order valence-electron chi connectivity index (χ3n) is 6.37. The Kier molecular flexibility index (Phi) is 6.14. The number of nitrogens with zero attached hydrogens (tertiary/aromatic N) is 2. The Morgan fingerprint density at radius 2 is 1.61 bits per heavy atom. The Morgan fingerprint density at radius 3 is 2.30 bits per heavy atom. The van der Waals surface area contributed by atoms with Gasteiger partial charge in [-0.1, -0.05) is 65.9 Å². The first kappa shape index (κ1) is 21.7. The fraction of sp³-hybridized carbons (Fsp3) is 0.286. The molecule has 4 nitrogen and oxygen atoms in total. The fourth-order valence-electron chi connectivity index (χ4n) is 4.39. The van der Waals surface area contributed by atoms with E-state index in [0.29, 0.717) is 13.1 Å². The second kappa shape index (κ2) is 9.36. The van der Waals surface area contributed by atoms with Crippen molar-refractivity contribution in [3.8, 4) is 5.19 Å². The van der Waals surface area contributed by atoms with Crippen LogP contribution < -0.4 is 4.74 Å². The molecule has 33 heavy (non-hydrogen) atoms. The molecule has 1 amide bonds. The van der Waals surface area contributed by atoms with Crippen LogP contribution in [0.15, 0.2) is 66.7 Å². The topological polar surface area (TPSA) is 42.4 Å². The SMILES string of the molecule is Cc1ccc(C)c2sc(OC3CCN(C(=O)c4ccc(Cc5ccccc5)cc4)CC3)nc12. The van der Waals surface area contributed by atoms with Gasteiger partial charge in [0.15, 0.2) is 0 Å². The molecule has 0 N–H and O–H groups in total. The molecular weight excluding hydrogens is 428 g/mol.